The maximum Gasteiger partial charge on any atom is 0.309 e. The first-order valence-electron chi connectivity index (χ1n) is 13.6. The second-order valence-electron chi connectivity index (χ2n) is 10.6. The van der Waals surface area contributed by atoms with Gasteiger partial charge in [0.1, 0.15) is 0 Å². The van der Waals surface area contributed by atoms with E-state index in [9.17, 15) is 19.5 Å². The maximum atomic E-state index is 15.5. The summed E-state index contributed by atoms with van der Waals surface area (Å²) in [4.78, 5) is 55.2. The third kappa shape index (κ3) is 7.70. The highest BCUT2D eigenvalue weighted by Gasteiger charge is 2.31. The number of hydrogen-bond acceptors (Lipinski definition) is 11. The van der Waals surface area contributed by atoms with E-state index in [4.69, 9.17) is 28.7 Å². The van der Waals surface area contributed by atoms with Crippen molar-refractivity contribution >= 4 is 68.8 Å². The monoisotopic (exact) mass is 684 g/mol. The number of carboxylic acids is 1. The van der Waals surface area contributed by atoms with Gasteiger partial charge < -0.3 is 33.8 Å². The number of halogens is 2. The molecule has 0 aliphatic rings. The van der Waals surface area contributed by atoms with Crippen LogP contribution in [0.3, 0.4) is 0 Å². The molecule has 45 heavy (non-hydrogen) atoms. The number of ketones is 2. The number of Topliss-reactive ketones (excluding diaryl/α,β-unsaturated/α-hetero) is 2. The zero-order chi connectivity index (χ0) is 33.1. The van der Waals surface area contributed by atoms with Crippen molar-refractivity contribution in [3.8, 4) is 23.0 Å². The molecule has 2 aromatic heterocycles. The predicted octanol–water partition coefficient (Wildman–Crippen LogP) is 6.81. The minimum atomic E-state index is -2.21. The molecule has 0 saturated carbocycles. The van der Waals surface area contributed by atoms with Gasteiger partial charge in [0.25, 0.3) is 0 Å². The summed E-state index contributed by atoms with van der Waals surface area (Å²) in [6, 6.07) is 5.85. The van der Waals surface area contributed by atoms with Crippen LogP contribution in [0.5, 0.6) is 23.0 Å². The van der Waals surface area contributed by atoms with Gasteiger partial charge in [0.05, 0.1) is 42.6 Å². The molecule has 3 N–H and O–H groups in total. The topological polar surface area (TPSA) is 149 Å². The summed E-state index contributed by atoms with van der Waals surface area (Å²) in [5.41, 5.74) is -1.28. The van der Waals surface area contributed by atoms with E-state index in [-0.39, 0.29) is 87.9 Å². The molecular weight excluding hydrogens is 653 g/mol. The largest absolute Gasteiger partial charge is 0.493 e. The van der Waals surface area contributed by atoms with Crippen LogP contribution < -0.4 is 18.9 Å². The van der Waals surface area contributed by atoms with E-state index in [1.807, 2.05) is 0 Å². The number of rotatable bonds is 16. The van der Waals surface area contributed by atoms with E-state index in [0.717, 1.165) is 22.7 Å². The minimum Gasteiger partial charge on any atom is -0.493 e. The second-order valence-corrected chi connectivity index (χ2v) is 14.0. The Morgan fingerprint density at radius 3 is 1.71 bits per heavy atom. The van der Waals surface area contributed by atoms with E-state index in [2.05, 4.69) is 0 Å². The lowest BCUT2D eigenvalue weighted by atomic mass is 9.87. The fraction of sp³-hybridized carbons (Fsp3) is 0.367. The van der Waals surface area contributed by atoms with Gasteiger partial charge in [-0.2, -0.15) is 0 Å². The number of fused-ring (bicyclic) bond motifs is 2. The van der Waals surface area contributed by atoms with E-state index >= 15 is 8.78 Å². The van der Waals surface area contributed by atoms with Crippen molar-refractivity contribution in [1.29, 1.82) is 0 Å². The van der Waals surface area contributed by atoms with Crippen LogP contribution in [0.2, 0.25) is 0 Å². The number of ether oxygens (including phenoxy) is 4. The van der Waals surface area contributed by atoms with Crippen LogP contribution >= 0.6 is 31.0 Å². The maximum absolute atomic E-state index is 15.5. The van der Waals surface area contributed by atoms with Crippen molar-refractivity contribution in [2.75, 3.05) is 33.6 Å². The predicted molar refractivity (Wildman–Crippen MR) is 168 cm³/mol. The quantitative estimate of drug-likeness (QED) is 0.0653. The molecule has 0 unspecified atom stereocenters. The summed E-state index contributed by atoms with van der Waals surface area (Å²) in [5, 5.41) is 9.63. The number of aliphatic carboxylic acids is 1. The molecule has 0 aliphatic heterocycles. The van der Waals surface area contributed by atoms with E-state index < -0.39 is 37.2 Å². The molecule has 0 fully saturated rings. The Hall–Kier alpha value is -3.42. The Morgan fingerprint density at radius 1 is 0.822 bits per heavy atom. The number of benzene rings is 2. The Balaban J connectivity index is 1.44. The average molecular weight is 685 g/mol. The van der Waals surface area contributed by atoms with Gasteiger partial charge in [-0.05, 0) is 26.0 Å². The normalized spacial score (nSPS) is 11.8. The molecule has 242 valence electrons. The first-order valence-corrected chi connectivity index (χ1v) is 16.6. The molecule has 0 amide bonds. The highest BCUT2D eigenvalue weighted by molar-refractivity contribution is 7.45. The molecule has 0 radical (unpaired) electrons. The summed E-state index contributed by atoms with van der Waals surface area (Å²) in [5.74, 6) is -3.46. The summed E-state index contributed by atoms with van der Waals surface area (Å²) in [6.07, 6.45) is -0.201. The van der Waals surface area contributed by atoms with Crippen molar-refractivity contribution in [3.63, 3.8) is 0 Å². The number of carbonyl (C=O) groups is 3. The van der Waals surface area contributed by atoms with Gasteiger partial charge in [0.2, 0.25) is 0 Å². The van der Waals surface area contributed by atoms with Crippen molar-refractivity contribution in [1.82, 2.24) is 0 Å². The van der Waals surface area contributed by atoms with Gasteiger partial charge >= 0.3 is 5.97 Å². The lowest BCUT2D eigenvalue weighted by molar-refractivity contribution is -0.146. The van der Waals surface area contributed by atoms with E-state index in [0.29, 0.717) is 9.40 Å². The molecule has 0 aliphatic carbocycles. The summed E-state index contributed by atoms with van der Waals surface area (Å²) in [6.45, 7) is 2.81. The fourth-order valence-electron chi connectivity index (χ4n) is 4.34. The first-order chi connectivity index (χ1) is 21.3. The highest BCUT2D eigenvalue weighted by atomic mass is 32.1. The minimum absolute atomic E-state index is 0.0338. The Kier molecular flexibility index (Phi) is 11.0. The van der Waals surface area contributed by atoms with Crippen LogP contribution in [0.4, 0.5) is 8.78 Å². The lowest BCUT2D eigenvalue weighted by Crippen LogP contribution is -2.26. The number of thiophene rings is 2. The van der Waals surface area contributed by atoms with E-state index in [1.165, 1.54) is 46.3 Å². The lowest BCUT2D eigenvalue weighted by Gasteiger charge is -2.16. The summed E-state index contributed by atoms with van der Waals surface area (Å²) in [7, 11) is 0.485. The number of carbonyl (C=O) groups excluding carboxylic acids is 2. The number of methoxy groups -OCH3 is 2. The van der Waals surface area contributed by atoms with Crippen molar-refractivity contribution in [2.45, 2.75) is 33.1 Å². The zero-order valence-corrected chi connectivity index (χ0v) is 27.3. The summed E-state index contributed by atoms with van der Waals surface area (Å²) >= 11 is 2.09. The molecular formula is C30H31F2O10PS2. The van der Waals surface area contributed by atoms with Crippen LogP contribution in [0.15, 0.2) is 24.3 Å². The van der Waals surface area contributed by atoms with Crippen molar-refractivity contribution < 1.29 is 57.0 Å². The van der Waals surface area contributed by atoms with Crippen molar-refractivity contribution in [3.05, 3.63) is 45.7 Å². The van der Waals surface area contributed by atoms with Crippen LogP contribution in [0.25, 0.3) is 20.2 Å². The SMILES string of the molecule is COc1cc2sc(C(=O)CCP(O)O)cc2c(F)c1OCCCOc1c(OC)cc2sc(C(=O)CC(C)(C)C(=O)O)cc2c1F. The average Bonchev–Trinajstić information content (AvgIpc) is 3.62. The number of carboxylic acid groups (broad SMARTS) is 1. The molecule has 15 heteroatoms. The van der Waals surface area contributed by atoms with Gasteiger partial charge in [-0.25, -0.2) is 8.78 Å². The van der Waals surface area contributed by atoms with Gasteiger partial charge in [-0.1, -0.05) is 0 Å². The Labute approximate surface area is 266 Å². The third-order valence-electron chi connectivity index (χ3n) is 6.86. The van der Waals surface area contributed by atoms with Gasteiger partial charge in [0.15, 0.2) is 54.6 Å². The van der Waals surface area contributed by atoms with Gasteiger partial charge in [-0.15, -0.1) is 22.7 Å². The Bertz CT molecular complexity index is 1750. The molecule has 0 bridgehead atoms. The second kappa shape index (κ2) is 14.3. The molecule has 0 atom stereocenters. The van der Waals surface area contributed by atoms with Gasteiger partial charge in [-0.3, -0.25) is 14.4 Å². The van der Waals surface area contributed by atoms with E-state index in [1.54, 1.807) is 6.07 Å². The van der Waals surface area contributed by atoms with Crippen LogP contribution in [0, 0.1) is 17.0 Å². The van der Waals surface area contributed by atoms with Crippen LogP contribution in [-0.4, -0.2) is 66.0 Å². The van der Waals surface area contributed by atoms with Gasteiger partial charge in [0, 0.05) is 57.7 Å². The molecule has 4 aromatic rings. The Morgan fingerprint density at radius 2 is 1.29 bits per heavy atom. The molecule has 2 heterocycles. The molecule has 4 rings (SSSR count). The molecule has 2 aromatic carbocycles. The number of hydrogen-bond donors (Lipinski definition) is 3. The van der Waals surface area contributed by atoms with Crippen molar-refractivity contribution in [2.24, 2.45) is 5.41 Å². The van der Waals surface area contributed by atoms with Crippen LogP contribution in [-0.2, 0) is 4.79 Å². The smallest absolute Gasteiger partial charge is 0.309 e. The third-order valence-corrected chi connectivity index (χ3v) is 9.73. The standard InChI is InChI=1S/C30H31F2O10PS2/c1-30(2,29(35)36)14-18(34)24-11-16-22(45-24)13-20(40-4)28(26(16)32)42-8-5-7-41-27-19(39-3)12-21-15(25(27)31)10-23(44-21)17(33)6-9-43(37)38/h10-13,37-38H,5-9,14H2,1-4H3,(H,35,36). The zero-order valence-electron chi connectivity index (χ0n) is 24.8. The molecule has 0 spiro atoms. The first kappa shape index (κ1) is 34.5. The summed E-state index contributed by atoms with van der Waals surface area (Å²) < 4.78 is 53.8. The molecule has 10 nitrogen and oxygen atoms in total. The highest BCUT2D eigenvalue weighted by Crippen LogP contribution is 2.42. The fourth-order valence-corrected chi connectivity index (χ4v) is 6.82. The van der Waals surface area contributed by atoms with Crippen LogP contribution in [0.1, 0.15) is 52.5 Å². The molecule has 0 saturated heterocycles.